The molecule has 170 valence electrons. The first kappa shape index (κ1) is 22.7. The molecule has 1 saturated carbocycles. The molecule has 4 rings (SSSR count). The highest BCUT2D eigenvalue weighted by molar-refractivity contribution is 7.92. The molecule has 0 atom stereocenters. The van der Waals surface area contributed by atoms with Crippen molar-refractivity contribution in [1.29, 1.82) is 0 Å². The lowest BCUT2D eigenvalue weighted by Gasteiger charge is -2.22. The van der Waals surface area contributed by atoms with Gasteiger partial charge in [-0.3, -0.25) is 4.72 Å². The van der Waals surface area contributed by atoms with E-state index in [9.17, 15) is 17.2 Å². The highest BCUT2D eigenvalue weighted by Gasteiger charge is 2.21. The molecule has 0 spiro atoms. The molecule has 0 amide bonds. The topological polar surface area (TPSA) is 71.1 Å². The van der Waals surface area contributed by atoms with E-state index in [4.69, 9.17) is 0 Å². The third-order valence-corrected chi connectivity index (χ3v) is 8.30. The number of thiazole rings is 1. The quantitative estimate of drug-likeness (QED) is 0.440. The predicted molar refractivity (Wildman–Crippen MR) is 125 cm³/mol. The first-order valence-corrected chi connectivity index (χ1v) is 12.9. The molecule has 1 aliphatic carbocycles. The fraction of sp³-hybridized carbons (Fsp3) is 0.348. The molecule has 0 saturated heterocycles. The standard InChI is InChI=1S/C23H25F2N3O2S2/c1-14-8-9-16(22-15(2)26-23(31-22)27-17-6-4-3-5-7-17)12-21(14)32(29,30)28-18-10-11-19(24)20(25)13-18/h8-13,17,28H,3-7H2,1-2H3,(H,26,27). The molecule has 9 heteroatoms. The van der Waals surface area contributed by atoms with Crippen LogP contribution in [0, 0.1) is 25.5 Å². The molecule has 0 bridgehead atoms. The van der Waals surface area contributed by atoms with Crippen molar-refractivity contribution in [3.05, 3.63) is 59.3 Å². The van der Waals surface area contributed by atoms with Gasteiger partial charge in [-0.2, -0.15) is 0 Å². The summed E-state index contributed by atoms with van der Waals surface area (Å²) in [5.41, 5.74) is 2.08. The van der Waals surface area contributed by atoms with Gasteiger partial charge in [0, 0.05) is 12.1 Å². The minimum absolute atomic E-state index is 0.0401. The SMILES string of the molecule is Cc1ccc(-c2sc(NC3CCCCC3)nc2C)cc1S(=O)(=O)Nc1ccc(F)c(F)c1. The van der Waals surface area contributed by atoms with E-state index in [-0.39, 0.29) is 10.6 Å². The summed E-state index contributed by atoms with van der Waals surface area (Å²) in [5.74, 6) is -2.15. The number of benzene rings is 2. The zero-order chi connectivity index (χ0) is 22.9. The smallest absolute Gasteiger partial charge is 0.262 e. The van der Waals surface area contributed by atoms with Crippen LogP contribution in [0.4, 0.5) is 19.6 Å². The molecule has 1 aromatic heterocycles. The van der Waals surface area contributed by atoms with Crippen molar-refractivity contribution in [3.63, 3.8) is 0 Å². The monoisotopic (exact) mass is 477 g/mol. The Bertz CT molecular complexity index is 1240. The summed E-state index contributed by atoms with van der Waals surface area (Å²) in [7, 11) is -4.00. The van der Waals surface area contributed by atoms with Crippen LogP contribution < -0.4 is 10.0 Å². The Balaban J connectivity index is 1.61. The van der Waals surface area contributed by atoms with Crippen LogP contribution in [0.2, 0.25) is 0 Å². The van der Waals surface area contributed by atoms with E-state index in [1.54, 1.807) is 19.1 Å². The van der Waals surface area contributed by atoms with Crippen molar-refractivity contribution >= 4 is 32.2 Å². The zero-order valence-electron chi connectivity index (χ0n) is 17.9. The molecule has 2 N–H and O–H groups in total. The van der Waals surface area contributed by atoms with Gasteiger partial charge in [0.25, 0.3) is 10.0 Å². The number of halogens is 2. The third kappa shape index (κ3) is 4.94. The Kier molecular flexibility index (Phi) is 6.48. The average molecular weight is 478 g/mol. The minimum atomic E-state index is -4.00. The van der Waals surface area contributed by atoms with Crippen LogP contribution in [0.3, 0.4) is 0 Å². The van der Waals surface area contributed by atoms with E-state index in [2.05, 4.69) is 15.0 Å². The van der Waals surface area contributed by atoms with Crippen molar-refractivity contribution in [1.82, 2.24) is 4.98 Å². The Morgan fingerprint density at radius 3 is 2.47 bits per heavy atom. The molecule has 1 aliphatic rings. The molecule has 0 aliphatic heterocycles. The van der Waals surface area contributed by atoms with Gasteiger partial charge in [0.2, 0.25) is 0 Å². The highest BCUT2D eigenvalue weighted by Crippen LogP contribution is 2.36. The molecule has 2 aromatic carbocycles. The summed E-state index contributed by atoms with van der Waals surface area (Å²) >= 11 is 1.51. The minimum Gasteiger partial charge on any atom is -0.359 e. The van der Waals surface area contributed by atoms with Crippen molar-refractivity contribution in [2.24, 2.45) is 0 Å². The van der Waals surface area contributed by atoms with Crippen LogP contribution in [0.1, 0.15) is 43.4 Å². The summed E-state index contributed by atoms with van der Waals surface area (Å²) in [6, 6.07) is 8.53. The van der Waals surface area contributed by atoms with Gasteiger partial charge < -0.3 is 5.32 Å². The molecule has 32 heavy (non-hydrogen) atoms. The zero-order valence-corrected chi connectivity index (χ0v) is 19.5. The lowest BCUT2D eigenvalue weighted by atomic mass is 9.96. The average Bonchev–Trinajstić information content (AvgIpc) is 3.11. The van der Waals surface area contributed by atoms with Crippen LogP contribution in [-0.4, -0.2) is 19.4 Å². The van der Waals surface area contributed by atoms with Crippen LogP contribution in [0.15, 0.2) is 41.3 Å². The summed E-state index contributed by atoms with van der Waals surface area (Å²) in [4.78, 5) is 5.62. The summed E-state index contributed by atoms with van der Waals surface area (Å²) < 4.78 is 55.0. The van der Waals surface area contributed by atoms with Crippen molar-refractivity contribution < 1.29 is 17.2 Å². The largest absolute Gasteiger partial charge is 0.359 e. The normalized spacial score (nSPS) is 15.0. The van der Waals surface area contributed by atoms with Crippen LogP contribution in [-0.2, 0) is 10.0 Å². The lowest BCUT2D eigenvalue weighted by Crippen LogP contribution is -2.21. The van der Waals surface area contributed by atoms with Gasteiger partial charge in [0.1, 0.15) is 0 Å². The first-order chi connectivity index (χ1) is 15.2. The fourth-order valence-electron chi connectivity index (χ4n) is 3.95. The number of aromatic nitrogens is 1. The van der Waals surface area contributed by atoms with Crippen molar-refractivity contribution in [3.8, 4) is 10.4 Å². The third-order valence-electron chi connectivity index (χ3n) is 5.64. The number of aryl methyl sites for hydroxylation is 2. The number of hydrogen-bond acceptors (Lipinski definition) is 5. The van der Waals surface area contributed by atoms with E-state index >= 15 is 0 Å². The molecule has 0 unspecified atom stereocenters. The van der Waals surface area contributed by atoms with Gasteiger partial charge in [0.05, 0.1) is 21.2 Å². The molecule has 0 radical (unpaired) electrons. The maximum absolute atomic E-state index is 13.5. The number of nitrogens with one attached hydrogen (secondary N) is 2. The second-order valence-corrected chi connectivity index (χ2v) is 10.8. The van der Waals surface area contributed by atoms with E-state index in [0.717, 1.165) is 46.2 Å². The van der Waals surface area contributed by atoms with Crippen molar-refractivity contribution in [2.45, 2.75) is 56.9 Å². The van der Waals surface area contributed by atoms with Gasteiger partial charge in [-0.05, 0) is 56.0 Å². The number of nitrogens with zero attached hydrogens (tertiary/aromatic N) is 1. The number of anilines is 2. The Morgan fingerprint density at radius 2 is 1.75 bits per heavy atom. The fourth-order valence-corrected chi connectivity index (χ4v) is 6.31. The molecule has 1 fully saturated rings. The van der Waals surface area contributed by atoms with Gasteiger partial charge in [-0.15, -0.1) is 0 Å². The van der Waals surface area contributed by atoms with E-state index < -0.39 is 21.7 Å². The number of rotatable bonds is 6. The van der Waals surface area contributed by atoms with Gasteiger partial charge >= 0.3 is 0 Å². The van der Waals surface area contributed by atoms with Gasteiger partial charge in [-0.1, -0.05) is 42.7 Å². The van der Waals surface area contributed by atoms with Crippen LogP contribution in [0.25, 0.3) is 10.4 Å². The summed E-state index contributed by atoms with van der Waals surface area (Å²) in [5, 5.41) is 4.36. The molecular weight excluding hydrogens is 452 g/mol. The Morgan fingerprint density at radius 1 is 1.00 bits per heavy atom. The highest BCUT2D eigenvalue weighted by atomic mass is 32.2. The second kappa shape index (κ2) is 9.15. The predicted octanol–water partition coefficient (Wildman–Crippen LogP) is 6.25. The molecular formula is C23H25F2N3O2S2. The van der Waals surface area contributed by atoms with Crippen LogP contribution >= 0.6 is 11.3 Å². The molecule has 5 nitrogen and oxygen atoms in total. The van der Waals surface area contributed by atoms with Gasteiger partial charge in [-0.25, -0.2) is 22.2 Å². The molecule has 3 aromatic rings. The number of hydrogen-bond donors (Lipinski definition) is 2. The Labute approximate surface area is 191 Å². The van der Waals surface area contributed by atoms with E-state index in [0.29, 0.717) is 11.6 Å². The summed E-state index contributed by atoms with van der Waals surface area (Å²) in [6.07, 6.45) is 5.99. The second-order valence-electron chi connectivity index (χ2n) is 8.13. The maximum Gasteiger partial charge on any atom is 0.262 e. The molecule has 1 heterocycles. The van der Waals surface area contributed by atoms with Gasteiger partial charge in [0.15, 0.2) is 16.8 Å². The maximum atomic E-state index is 13.5. The first-order valence-electron chi connectivity index (χ1n) is 10.6. The van der Waals surface area contributed by atoms with Crippen molar-refractivity contribution in [2.75, 3.05) is 10.0 Å². The summed E-state index contributed by atoms with van der Waals surface area (Å²) in [6.45, 7) is 3.60. The Hall–Kier alpha value is -2.52. The number of sulfonamides is 1. The van der Waals surface area contributed by atoms with E-state index in [1.807, 2.05) is 13.0 Å². The van der Waals surface area contributed by atoms with Crippen LogP contribution in [0.5, 0.6) is 0 Å². The van der Waals surface area contributed by atoms with E-state index in [1.165, 1.54) is 36.7 Å². The lowest BCUT2D eigenvalue weighted by molar-refractivity contribution is 0.462.